The van der Waals surface area contributed by atoms with Crippen LogP contribution in [0.5, 0.6) is 0 Å². The number of rotatable bonds is 4. The normalized spacial score (nSPS) is 18.7. The molecule has 3 heterocycles. The van der Waals surface area contributed by atoms with Gasteiger partial charge in [0.25, 0.3) is 5.82 Å². The first-order valence-electron chi connectivity index (χ1n) is 7.13. The third-order valence-electron chi connectivity index (χ3n) is 3.86. The lowest BCUT2D eigenvalue weighted by atomic mass is 10.1. The first kappa shape index (κ1) is 15.9. The van der Waals surface area contributed by atoms with Crippen molar-refractivity contribution in [1.82, 2.24) is 19.8 Å². The van der Waals surface area contributed by atoms with Gasteiger partial charge in [-0.1, -0.05) is 0 Å². The molecule has 1 fully saturated rings. The third kappa shape index (κ3) is 3.08. The van der Waals surface area contributed by atoms with Gasteiger partial charge in [0.1, 0.15) is 0 Å². The van der Waals surface area contributed by atoms with Crippen molar-refractivity contribution < 1.29 is 22.7 Å². The Bertz CT molecular complexity index is 710. The summed E-state index contributed by atoms with van der Waals surface area (Å²) < 4.78 is 44.7. The molecule has 1 saturated heterocycles. The molecule has 1 atom stereocenters. The largest absolute Gasteiger partial charge is 0.453 e. The van der Waals surface area contributed by atoms with Gasteiger partial charge < -0.3 is 4.74 Å². The molecule has 0 radical (unpaired) electrons. The Kier molecular flexibility index (Phi) is 4.11. The molecule has 10 heteroatoms. The Hall–Kier alpha value is -1.94. The quantitative estimate of drug-likeness (QED) is 0.866. The molecule has 2 aromatic rings. The van der Waals surface area contributed by atoms with Crippen LogP contribution in [0.25, 0.3) is 5.65 Å². The van der Waals surface area contributed by atoms with Gasteiger partial charge in [0.2, 0.25) is 0 Å². The number of aryl methyl sites for hydroxylation is 1. The minimum Gasteiger partial charge on any atom is -0.381 e. The van der Waals surface area contributed by atoms with E-state index in [9.17, 15) is 13.2 Å². The predicted octanol–water partition coefficient (Wildman–Crippen LogP) is 2.14. The van der Waals surface area contributed by atoms with Crippen LogP contribution in [0.3, 0.4) is 0 Å². The van der Waals surface area contributed by atoms with E-state index in [1.165, 1.54) is 0 Å². The van der Waals surface area contributed by atoms with Crippen LogP contribution in [0, 0.1) is 19.8 Å². The fraction of sp³-hybridized carbons (Fsp3) is 0.615. The minimum absolute atomic E-state index is 0.0737. The van der Waals surface area contributed by atoms with Crippen LogP contribution in [0.2, 0.25) is 0 Å². The Labute approximate surface area is 129 Å². The van der Waals surface area contributed by atoms with E-state index < -0.39 is 12.0 Å². The van der Waals surface area contributed by atoms with Crippen molar-refractivity contribution in [3.63, 3.8) is 0 Å². The van der Waals surface area contributed by atoms with Gasteiger partial charge in [0.15, 0.2) is 11.5 Å². The molecular weight excluding hydrogens is 315 g/mol. The Balaban J connectivity index is 1.85. The molecule has 0 saturated carbocycles. The zero-order chi connectivity index (χ0) is 16.6. The van der Waals surface area contributed by atoms with Crippen molar-refractivity contribution in [2.45, 2.75) is 26.4 Å². The highest BCUT2D eigenvalue weighted by molar-refractivity contribution is 5.57. The summed E-state index contributed by atoms with van der Waals surface area (Å²) in [5.74, 6) is -0.685. The molecule has 7 nitrogen and oxygen atoms in total. The summed E-state index contributed by atoms with van der Waals surface area (Å²) in [5, 5.41) is 10.7. The van der Waals surface area contributed by atoms with Crippen molar-refractivity contribution in [1.29, 1.82) is 0 Å². The molecule has 2 aromatic heterocycles. The van der Waals surface area contributed by atoms with Gasteiger partial charge in [-0.2, -0.15) is 17.7 Å². The lowest BCUT2D eigenvalue weighted by molar-refractivity contribution is -0.146. The number of halogens is 3. The number of fused-ring (bicyclic) bond motifs is 1. The molecule has 1 unspecified atom stereocenters. The fourth-order valence-corrected chi connectivity index (χ4v) is 2.35. The van der Waals surface area contributed by atoms with E-state index in [-0.39, 0.29) is 17.4 Å². The first-order valence-corrected chi connectivity index (χ1v) is 7.13. The lowest BCUT2D eigenvalue weighted by Crippen LogP contribution is -2.17. The van der Waals surface area contributed by atoms with Crippen LogP contribution in [0.1, 0.15) is 23.4 Å². The van der Waals surface area contributed by atoms with E-state index in [2.05, 4.69) is 20.8 Å². The number of anilines is 1. The van der Waals surface area contributed by atoms with Gasteiger partial charge in [-0.05, 0) is 20.3 Å². The number of hydrogen-bond donors (Lipinski definition) is 1. The molecule has 3 rings (SSSR count). The molecule has 1 N–H and O–H groups in total. The summed E-state index contributed by atoms with van der Waals surface area (Å²) in [7, 11) is 0. The summed E-state index contributed by atoms with van der Waals surface area (Å²) >= 11 is 0. The van der Waals surface area contributed by atoms with E-state index in [1.807, 2.05) is 0 Å². The molecule has 0 spiro atoms. The smallest absolute Gasteiger partial charge is 0.381 e. The fourth-order valence-electron chi connectivity index (χ4n) is 2.35. The van der Waals surface area contributed by atoms with Crippen molar-refractivity contribution in [3.8, 4) is 0 Å². The summed E-state index contributed by atoms with van der Waals surface area (Å²) in [4.78, 5) is 5.36. The molecule has 0 amide bonds. The SMILES string of the molecule is Cc1c(NOCC2CCOC2)nn2c(C(F)(F)F)nnc2c1C. The average Bonchev–Trinajstić information content (AvgIpc) is 3.12. The molecule has 0 aliphatic carbocycles. The van der Waals surface area contributed by atoms with Gasteiger partial charge in [-0.25, -0.2) is 5.48 Å². The van der Waals surface area contributed by atoms with Crippen molar-refractivity contribution in [2.24, 2.45) is 5.92 Å². The zero-order valence-electron chi connectivity index (χ0n) is 12.6. The minimum atomic E-state index is -4.63. The van der Waals surface area contributed by atoms with E-state index in [0.29, 0.717) is 35.5 Å². The van der Waals surface area contributed by atoms with Gasteiger partial charge in [0, 0.05) is 23.7 Å². The van der Waals surface area contributed by atoms with Gasteiger partial charge >= 0.3 is 6.18 Å². The monoisotopic (exact) mass is 331 g/mol. The molecule has 126 valence electrons. The van der Waals surface area contributed by atoms with Gasteiger partial charge in [-0.3, -0.25) is 4.84 Å². The number of nitrogens with one attached hydrogen (secondary N) is 1. The van der Waals surface area contributed by atoms with Gasteiger partial charge in [-0.15, -0.1) is 15.3 Å². The third-order valence-corrected chi connectivity index (χ3v) is 3.86. The predicted molar refractivity (Wildman–Crippen MR) is 73.8 cm³/mol. The average molecular weight is 331 g/mol. The molecule has 1 aliphatic rings. The highest BCUT2D eigenvalue weighted by atomic mass is 19.4. The number of ether oxygens (including phenoxy) is 1. The summed E-state index contributed by atoms with van der Waals surface area (Å²) in [5.41, 5.74) is 3.91. The zero-order valence-corrected chi connectivity index (χ0v) is 12.6. The second-order valence-electron chi connectivity index (χ2n) is 5.50. The highest BCUT2D eigenvalue weighted by Crippen LogP contribution is 2.29. The van der Waals surface area contributed by atoms with Crippen molar-refractivity contribution in [3.05, 3.63) is 17.0 Å². The summed E-state index contributed by atoms with van der Waals surface area (Å²) in [6.45, 7) is 5.11. The summed E-state index contributed by atoms with van der Waals surface area (Å²) in [6.07, 6.45) is -3.73. The van der Waals surface area contributed by atoms with Crippen LogP contribution in [0.15, 0.2) is 0 Å². The van der Waals surface area contributed by atoms with Gasteiger partial charge in [0.05, 0.1) is 13.2 Å². The molecule has 1 aliphatic heterocycles. The Morgan fingerprint density at radius 2 is 2.09 bits per heavy atom. The maximum atomic E-state index is 12.9. The van der Waals surface area contributed by atoms with Crippen LogP contribution >= 0.6 is 0 Å². The Morgan fingerprint density at radius 3 is 2.74 bits per heavy atom. The standard InChI is InChI=1S/C13H16F3N5O2/c1-7-8(2)11-17-18-12(13(14,15)16)21(11)19-10(7)20-23-6-9-3-4-22-5-9/h9H,3-6H2,1-2H3,(H,19,20). The molecule has 0 aromatic carbocycles. The first-order chi connectivity index (χ1) is 10.9. The highest BCUT2D eigenvalue weighted by Gasteiger charge is 2.38. The van der Waals surface area contributed by atoms with Crippen molar-refractivity contribution in [2.75, 3.05) is 25.3 Å². The van der Waals surface area contributed by atoms with Crippen LogP contribution in [-0.4, -0.2) is 39.6 Å². The van der Waals surface area contributed by atoms with Crippen LogP contribution < -0.4 is 5.48 Å². The number of alkyl halides is 3. The van der Waals surface area contributed by atoms with E-state index in [0.717, 1.165) is 6.42 Å². The molecule has 23 heavy (non-hydrogen) atoms. The summed E-state index contributed by atoms with van der Waals surface area (Å²) in [6, 6.07) is 0. The van der Waals surface area contributed by atoms with Crippen molar-refractivity contribution >= 4 is 11.5 Å². The van der Waals surface area contributed by atoms with Crippen LogP contribution in [0.4, 0.5) is 19.0 Å². The second kappa shape index (κ2) is 5.93. The van der Waals surface area contributed by atoms with Crippen LogP contribution in [-0.2, 0) is 15.8 Å². The van der Waals surface area contributed by atoms with E-state index >= 15 is 0 Å². The lowest BCUT2D eigenvalue weighted by Gasteiger charge is -2.13. The van der Waals surface area contributed by atoms with E-state index in [1.54, 1.807) is 13.8 Å². The molecule has 0 bridgehead atoms. The number of nitrogens with zero attached hydrogens (tertiary/aromatic N) is 4. The van der Waals surface area contributed by atoms with E-state index in [4.69, 9.17) is 9.57 Å². The number of aromatic nitrogens is 4. The molecular formula is C13H16F3N5O2. The Morgan fingerprint density at radius 1 is 1.30 bits per heavy atom. The number of hydrogen-bond acceptors (Lipinski definition) is 6. The topological polar surface area (TPSA) is 73.6 Å². The maximum absolute atomic E-state index is 12.9. The second-order valence-corrected chi connectivity index (χ2v) is 5.50. The maximum Gasteiger partial charge on any atom is 0.453 e.